The van der Waals surface area contributed by atoms with Gasteiger partial charge in [-0.15, -0.1) is 0 Å². The second kappa shape index (κ2) is 6.45. The molecule has 0 spiro atoms. The van der Waals surface area contributed by atoms with Crippen molar-refractivity contribution in [3.8, 4) is 0 Å². The average Bonchev–Trinajstić information content (AvgIpc) is 2.76. The van der Waals surface area contributed by atoms with E-state index in [1.54, 1.807) is 23.3 Å². The minimum Gasteiger partial charge on any atom is -0.377 e. The minimum atomic E-state index is -0.344. The molecule has 0 aromatic carbocycles. The van der Waals surface area contributed by atoms with Crippen molar-refractivity contribution < 1.29 is 4.74 Å². The van der Waals surface area contributed by atoms with Crippen molar-refractivity contribution in [2.45, 2.75) is 39.5 Å². The van der Waals surface area contributed by atoms with Crippen LogP contribution in [0.4, 0.5) is 0 Å². The third-order valence-corrected chi connectivity index (χ3v) is 3.66. The molecule has 8 nitrogen and oxygen atoms in total. The number of hydrogen-bond acceptors (Lipinski definition) is 5. The molecule has 0 fully saturated rings. The molecule has 0 saturated heterocycles. The molecule has 22 heavy (non-hydrogen) atoms. The van der Waals surface area contributed by atoms with Gasteiger partial charge in [0.2, 0.25) is 0 Å². The van der Waals surface area contributed by atoms with Crippen molar-refractivity contribution in [1.82, 2.24) is 18.7 Å². The molecule has 2 aromatic rings. The second-order valence-corrected chi connectivity index (χ2v) is 5.54. The molecule has 122 valence electrons. The monoisotopic (exact) mass is 309 g/mol. The van der Waals surface area contributed by atoms with Crippen molar-refractivity contribution >= 4 is 11.2 Å². The predicted octanol–water partition coefficient (Wildman–Crippen LogP) is -0.0272. The molecule has 0 bridgehead atoms. The van der Waals surface area contributed by atoms with E-state index in [0.717, 1.165) is 0 Å². The van der Waals surface area contributed by atoms with Gasteiger partial charge in [-0.3, -0.25) is 13.9 Å². The fourth-order valence-corrected chi connectivity index (χ4v) is 2.54. The summed E-state index contributed by atoms with van der Waals surface area (Å²) in [4.78, 5) is 29.7. The summed E-state index contributed by atoms with van der Waals surface area (Å²) in [6.45, 7) is 4.79. The summed E-state index contributed by atoms with van der Waals surface area (Å²) in [7, 11) is 3.32. The van der Waals surface area contributed by atoms with Gasteiger partial charge in [0, 0.05) is 26.7 Å². The topological polar surface area (TPSA) is 97.1 Å². The highest BCUT2D eigenvalue weighted by molar-refractivity contribution is 5.71. The van der Waals surface area contributed by atoms with Crippen molar-refractivity contribution in [3.63, 3.8) is 0 Å². The Kier molecular flexibility index (Phi) is 4.82. The average molecular weight is 309 g/mol. The molecule has 0 aliphatic heterocycles. The predicted molar refractivity (Wildman–Crippen MR) is 84.0 cm³/mol. The molecular formula is C14H23N5O3. The maximum Gasteiger partial charge on any atom is 0.332 e. The fourth-order valence-electron chi connectivity index (χ4n) is 2.54. The van der Waals surface area contributed by atoms with Gasteiger partial charge in [0.15, 0.2) is 11.2 Å². The van der Waals surface area contributed by atoms with E-state index in [1.807, 2.05) is 13.8 Å². The van der Waals surface area contributed by atoms with Crippen molar-refractivity contribution in [3.05, 3.63) is 26.7 Å². The Labute approximate surface area is 128 Å². The number of fused-ring (bicyclic) bond motifs is 1. The zero-order valence-electron chi connectivity index (χ0n) is 13.5. The molecule has 0 atom stereocenters. The number of rotatable bonds is 6. The van der Waals surface area contributed by atoms with Gasteiger partial charge in [-0.2, -0.15) is 0 Å². The van der Waals surface area contributed by atoms with Crippen molar-refractivity contribution in [1.29, 1.82) is 0 Å². The fraction of sp³-hybridized carbons (Fsp3) is 0.643. The van der Waals surface area contributed by atoms with E-state index >= 15 is 0 Å². The van der Waals surface area contributed by atoms with Gasteiger partial charge in [0.05, 0.1) is 0 Å². The highest BCUT2D eigenvalue weighted by atomic mass is 16.5. The van der Waals surface area contributed by atoms with Crippen LogP contribution in [0.3, 0.4) is 0 Å². The normalized spacial score (nSPS) is 11.7. The van der Waals surface area contributed by atoms with E-state index in [-0.39, 0.29) is 23.9 Å². The summed E-state index contributed by atoms with van der Waals surface area (Å²) in [5, 5.41) is 0. The van der Waals surface area contributed by atoms with E-state index in [0.29, 0.717) is 36.5 Å². The Morgan fingerprint density at radius 1 is 1.32 bits per heavy atom. The lowest BCUT2D eigenvalue weighted by Crippen LogP contribution is -2.41. The van der Waals surface area contributed by atoms with Gasteiger partial charge in [0.1, 0.15) is 12.4 Å². The van der Waals surface area contributed by atoms with Gasteiger partial charge in [-0.05, 0) is 26.8 Å². The van der Waals surface area contributed by atoms with E-state index in [4.69, 9.17) is 10.5 Å². The van der Waals surface area contributed by atoms with E-state index < -0.39 is 0 Å². The molecule has 2 aromatic heterocycles. The Morgan fingerprint density at radius 2 is 2.00 bits per heavy atom. The molecule has 2 N–H and O–H groups in total. The summed E-state index contributed by atoms with van der Waals surface area (Å²) < 4.78 is 9.59. The maximum atomic E-state index is 12.7. The first-order chi connectivity index (χ1) is 10.4. The van der Waals surface area contributed by atoms with Crippen LogP contribution in [0.2, 0.25) is 0 Å². The molecule has 0 radical (unpaired) electrons. The summed E-state index contributed by atoms with van der Waals surface area (Å²) in [6, 6.07) is -0.106. The Bertz CT molecular complexity index is 784. The van der Waals surface area contributed by atoms with Crippen LogP contribution in [-0.4, -0.2) is 32.3 Å². The number of ether oxygens (including phenoxy) is 1. The van der Waals surface area contributed by atoms with Crippen LogP contribution >= 0.6 is 0 Å². The highest BCUT2D eigenvalue weighted by Crippen LogP contribution is 2.14. The van der Waals surface area contributed by atoms with Gasteiger partial charge in [0.25, 0.3) is 5.56 Å². The molecule has 0 unspecified atom stereocenters. The first-order valence-electron chi connectivity index (χ1n) is 7.33. The molecule has 0 amide bonds. The number of nitrogens with two attached hydrogens (primary N) is 1. The first-order valence-corrected chi connectivity index (χ1v) is 7.33. The highest BCUT2D eigenvalue weighted by Gasteiger charge is 2.20. The lowest BCUT2D eigenvalue weighted by molar-refractivity contribution is 0.175. The smallest absolute Gasteiger partial charge is 0.332 e. The summed E-state index contributed by atoms with van der Waals surface area (Å²) in [6.07, 6.45) is 0.571. The van der Waals surface area contributed by atoms with Gasteiger partial charge in [-0.25, -0.2) is 9.78 Å². The van der Waals surface area contributed by atoms with Crippen LogP contribution in [0, 0.1) is 0 Å². The van der Waals surface area contributed by atoms with E-state index in [9.17, 15) is 9.59 Å². The number of aromatic nitrogens is 4. The van der Waals surface area contributed by atoms with E-state index in [2.05, 4.69) is 4.98 Å². The molecular weight excluding hydrogens is 286 g/mol. The molecule has 0 aliphatic rings. The Balaban J connectivity index is 2.86. The van der Waals surface area contributed by atoms with Crippen LogP contribution in [0.1, 0.15) is 32.1 Å². The zero-order valence-corrected chi connectivity index (χ0v) is 13.5. The summed E-state index contributed by atoms with van der Waals surface area (Å²) >= 11 is 0. The quantitative estimate of drug-likeness (QED) is 0.808. The second-order valence-electron chi connectivity index (χ2n) is 5.54. The van der Waals surface area contributed by atoms with Crippen LogP contribution < -0.4 is 17.0 Å². The lowest BCUT2D eigenvalue weighted by Gasteiger charge is -2.14. The Hall–Kier alpha value is -1.93. The molecule has 2 rings (SSSR count). The standard InChI is InChI=1S/C14H23N5O3/c1-9(2)19-12-11(17(3)10(16-12)8-22-4)13(20)18(14(19)21)7-5-6-15/h9H,5-8,15H2,1-4H3. The molecule has 2 heterocycles. The van der Waals surface area contributed by atoms with Gasteiger partial charge < -0.3 is 15.0 Å². The zero-order chi connectivity index (χ0) is 16.4. The first kappa shape index (κ1) is 16.4. The number of hydrogen-bond donors (Lipinski definition) is 1. The summed E-state index contributed by atoms with van der Waals surface area (Å²) in [5.74, 6) is 0.611. The van der Waals surface area contributed by atoms with Crippen LogP contribution in [0.15, 0.2) is 9.59 Å². The third-order valence-electron chi connectivity index (χ3n) is 3.66. The van der Waals surface area contributed by atoms with E-state index in [1.165, 1.54) is 4.57 Å². The Morgan fingerprint density at radius 3 is 2.55 bits per heavy atom. The van der Waals surface area contributed by atoms with Crippen LogP contribution in [0.5, 0.6) is 0 Å². The maximum absolute atomic E-state index is 12.7. The van der Waals surface area contributed by atoms with Crippen LogP contribution in [-0.2, 0) is 24.9 Å². The number of nitrogens with zero attached hydrogens (tertiary/aromatic N) is 4. The number of imidazole rings is 1. The number of methoxy groups -OCH3 is 1. The van der Waals surface area contributed by atoms with Gasteiger partial charge >= 0.3 is 5.69 Å². The third kappa shape index (κ3) is 2.59. The lowest BCUT2D eigenvalue weighted by atomic mass is 10.3. The minimum absolute atomic E-state index is 0.106. The van der Waals surface area contributed by atoms with Crippen molar-refractivity contribution in [2.24, 2.45) is 12.8 Å². The SMILES string of the molecule is COCc1nc2c(c(=O)n(CCCN)c(=O)n2C(C)C)n1C. The van der Waals surface area contributed by atoms with Gasteiger partial charge in [-0.1, -0.05) is 0 Å². The largest absolute Gasteiger partial charge is 0.377 e. The van der Waals surface area contributed by atoms with Crippen LogP contribution in [0.25, 0.3) is 11.2 Å². The molecule has 0 saturated carbocycles. The van der Waals surface area contributed by atoms with Crippen molar-refractivity contribution in [2.75, 3.05) is 13.7 Å². The number of aryl methyl sites for hydroxylation is 1. The summed E-state index contributed by atoms with van der Waals surface area (Å²) in [5.41, 5.74) is 5.65. The molecule has 8 heteroatoms. The molecule has 0 aliphatic carbocycles.